The second kappa shape index (κ2) is 11.6. The first-order valence-corrected chi connectivity index (χ1v) is 11.9. The molecule has 0 N–H and O–H groups in total. The molecule has 2 aliphatic heterocycles. The van der Waals surface area contributed by atoms with E-state index in [0.29, 0.717) is 12.2 Å². The molecule has 1 saturated heterocycles. The molecule has 0 spiro atoms. The maximum Gasteiger partial charge on any atom is 0.337 e. The minimum absolute atomic E-state index is 0. The number of halogens is 1. The van der Waals surface area contributed by atoms with Crippen LogP contribution < -0.4 is 0 Å². The van der Waals surface area contributed by atoms with E-state index in [2.05, 4.69) is 20.9 Å². The molecule has 8 nitrogen and oxygen atoms in total. The number of allylic oxidation sites excluding steroid dienone is 1. The Labute approximate surface area is 208 Å². The lowest BCUT2D eigenvalue weighted by molar-refractivity contribution is -0.153. The molecular weight excluding hydrogens is 456 g/mol. The summed E-state index contributed by atoms with van der Waals surface area (Å²) in [6.07, 6.45) is 4.28. The molecule has 3 heterocycles. The van der Waals surface area contributed by atoms with Crippen LogP contribution in [0.15, 0.2) is 23.5 Å². The van der Waals surface area contributed by atoms with E-state index in [9.17, 15) is 4.79 Å². The van der Waals surface area contributed by atoms with Crippen LogP contribution in [0.4, 0.5) is 0 Å². The molecule has 4 rings (SSSR count). The van der Waals surface area contributed by atoms with E-state index >= 15 is 0 Å². The van der Waals surface area contributed by atoms with Gasteiger partial charge in [-0.05, 0) is 34.1 Å². The van der Waals surface area contributed by atoms with E-state index in [0.717, 1.165) is 68.5 Å². The molecule has 3 aliphatic rings. The van der Waals surface area contributed by atoms with Gasteiger partial charge in [0.15, 0.2) is 0 Å². The third-order valence-electron chi connectivity index (χ3n) is 7.09. The first-order chi connectivity index (χ1) is 15.9. The number of aryl methyl sites for hydroxylation is 3. The Morgan fingerprint density at radius 2 is 1.71 bits per heavy atom. The molecule has 1 unspecified atom stereocenters. The van der Waals surface area contributed by atoms with Gasteiger partial charge in [-0.25, -0.2) is 4.79 Å². The highest BCUT2D eigenvalue weighted by atomic mass is 35.5. The van der Waals surface area contributed by atoms with Crippen molar-refractivity contribution in [2.24, 2.45) is 11.8 Å². The minimum Gasteiger partial charge on any atom is -0.471 e. The Morgan fingerprint density at radius 1 is 1.06 bits per heavy atom. The molecule has 0 aromatic carbocycles. The van der Waals surface area contributed by atoms with E-state index in [1.54, 1.807) is 6.26 Å². The first-order valence-electron chi connectivity index (χ1n) is 11.9. The van der Waals surface area contributed by atoms with Gasteiger partial charge in [0.2, 0.25) is 6.29 Å². The topological polar surface area (TPSA) is 77.0 Å². The normalized spacial score (nSPS) is 25.0. The number of methoxy groups -OCH3 is 1. The summed E-state index contributed by atoms with van der Waals surface area (Å²) in [4.78, 5) is 26.6. The largest absolute Gasteiger partial charge is 0.471 e. The summed E-state index contributed by atoms with van der Waals surface area (Å²) < 4.78 is 16.7. The van der Waals surface area contributed by atoms with Crippen molar-refractivity contribution in [3.8, 4) is 0 Å². The van der Waals surface area contributed by atoms with Crippen LogP contribution in [0, 0.1) is 32.6 Å². The molecular formula is C25H37ClN4O4. The van der Waals surface area contributed by atoms with Gasteiger partial charge in [0, 0.05) is 51.8 Å². The summed E-state index contributed by atoms with van der Waals surface area (Å²) in [6.45, 7) is 14.3. The summed E-state index contributed by atoms with van der Waals surface area (Å²) in [7, 11) is 1.42. The molecule has 0 bridgehead atoms. The summed E-state index contributed by atoms with van der Waals surface area (Å²) in [5, 5.41) is 0. The van der Waals surface area contributed by atoms with Crippen LogP contribution in [0.25, 0.3) is 0 Å². The van der Waals surface area contributed by atoms with Gasteiger partial charge in [-0.15, -0.1) is 12.4 Å². The molecule has 3 atom stereocenters. The van der Waals surface area contributed by atoms with Gasteiger partial charge in [0.05, 0.1) is 47.6 Å². The number of hydrogen-bond donors (Lipinski definition) is 0. The van der Waals surface area contributed by atoms with Crippen LogP contribution in [0.3, 0.4) is 0 Å². The molecule has 1 aromatic heterocycles. The standard InChI is InChI=1S/C25H36N4O4.ClH/c1-6-32-25-23-19(7-8-20(23)21(15-33-25)24(30)31-5)13-28-9-11-29(12-10-28)14-22-18(4)26-16(2)17(3)27-22;/h7,15,20,23,25H,6,8-14H2,1-5H3;1H/t20-,23?,25-;/m0./s1. The fourth-order valence-corrected chi connectivity index (χ4v) is 5.10. The Bertz CT molecular complexity index is 943. The van der Waals surface area contributed by atoms with Crippen molar-refractivity contribution >= 4 is 18.4 Å². The highest BCUT2D eigenvalue weighted by Gasteiger charge is 2.45. The summed E-state index contributed by atoms with van der Waals surface area (Å²) in [5.74, 6) is -0.200. The van der Waals surface area contributed by atoms with Crippen molar-refractivity contribution in [2.45, 2.75) is 47.0 Å². The van der Waals surface area contributed by atoms with Crippen LogP contribution in [0.5, 0.6) is 0 Å². The van der Waals surface area contributed by atoms with Gasteiger partial charge in [0.25, 0.3) is 0 Å². The second-order valence-electron chi connectivity index (χ2n) is 9.15. The Balaban J connectivity index is 0.00000324. The highest BCUT2D eigenvalue weighted by molar-refractivity contribution is 5.89. The monoisotopic (exact) mass is 492 g/mol. The number of rotatable bonds is 7. The number of piperazine rings is 1. The number of carbonyl (C=O) groups excluding carboxylic acids is 1. The molecule has 9 heteroatoms. The van der Waals surface area contributed by atoms with Gasteiger partial charge in [-0.3, -0.25) is 19.8 Å². The van der Waals surface area contributed by atoms with Crippen molar-refractivity contribution in [1.82, 2.24) is 19.8 Å². The van der Waals surface area contributed by atoms with Crippen LogP contribution in [-0.2, 0) is 25.5 Å². The molecule has 188 valence electrons. The van der Waals surface area contributed by atoms with Crippen molar-refractivity contribution in [3.05, 3.63) is 46.3 Å². The first kappa shape index (κ1) is 26.6. The lowest BCUT2D eigenvalue weighted by atomic mass is 9.83. The zero-order valence-electron chi connectivity index (χ0n) is 20.9. The van der Waals surface area contributed by atoms with Crippen molar-refractivity contribution in [3.63, 3.8) is 0 Å². The average molecular weight is 493 g/mol. The molecule has 34 heavy (non-hydrogen) atoms. The number of aromatic nitrogens is 2. The lowest BCUT2D eigenvalue weighted by Gasteiger charge is -2.38. The quantitative estimate of drug-likeness (QED) is 0.424. The molecule has 0 saturated carbocycles. The zero-order valence-corrected chi connectivity index (χ0v) is 21.7. The predicted molar refractivity (Wildman–Crippen MR) is 131 cm³/mol. The molecule has 1 fully saturated rings. The summed E-state index contributed by atoms with van der Waals surface area (Å²) >= 11 is 0. The zero-order chi connectivity index (χ0) is 23.5. The number of esters is 1. The summed E-state index contributed by atoms with van der Waals surface area (Å²) in [6, 6.07) is 0. The van der Waals surface area contributed by atoms with E-state index in [-0.39, 0.29) is 36.5 Å². The van der Waals surface area contributed by atoms with Gasteiger partial charge in [-0.1, -0.05) is 11.6 Å². The van der Waals surface area contributed by atoms with E-state index in [1.807, 2.05) is 27.7 Å². The number of nitrogens with zero attached hydrogens (tertiary/aromatic N) is 4. The predicted octanol–water partition coefficient (Wildman–Crippen LogP) is 2.95. The van der Waals surface area contributed by atoms with Crippen molar-refractivity contribution in [1.29, 1.82) is 0 Å². The number of hydrogen-bond acceptors (Lipinski definition) is 8. The molecule has 0 radical (unpaired) electrons. The highest BCUT2D eigenvalue weighted by Crippen LogP contribution is 2.44. The van der Waals surface area contributed by atoms with E-state index in [4.69, 9.17) is 19.2 Å². The number of ether oxygens (including phenoxy) is 3. The Hall–Kier alpha value is -2.00. The fourth-order valence-electron chi connectivity index (χ4n) is 5.10. The van der Waals surface area contributed by atoms with Crippen LogP contribution in [0.1, 0.15) is 36.1 Å². The van der Waals surface area contributed by atoms with E-state index < -0.39 is 0 Å². The fraction of sp³-hybridized carbons (Fsp3) is 0.640. The van der Waals surface area contributed by atoms with Gasteiger partial charge in [-0.2, -0.15) is 0 Å². The van der Waals surface area contributed by atoms with Crippen molar-refractivity contribution < 1.29 is 19.0 Å². The molecule has 0 amide bonds. The van der Waals surface area contributed by atoms with Gasteiger partial charge in [0.1, 0.15) is 0 Å². The molecule has 1 aliphatic carbocycles. The maximum atomic E-state index is 12.3. The maximum absolute atomic E-state index is 12.3. The second-order valence-corrected chi connectivity index (χ2v) is 9.15. The van der Waals surface area contributed by atoms with Crippen LogP contribution >= 0.6 is 12.4 Å². The lowest BCUT2D eigenvalue weighted by Crippen LogP contribution is -2.47. The Morgan fingerprint density at radius 3 is 2.35 bits per heavy atom. The average Bonchev–Trinajstić information content (AvgIpc) is 3.22. The summed E-state index contributed by atoms with van der Waals surface area (Å²) in [5.41, 5.74) is 6.03. The van der Waals surface area contributed by atoms with Gasteiger partial charge < -0.3 is 14.2 Å². The SMILES string of the molecule is CCO[C@H]1OC=C(C(=O)OC)[C@@H]2CC=C(CN3CCN(Cc4nc(C)c(C)nc4C)CC3)C12.Cl. The molecule has 1 aromatic rings. The van der Waals surface area contributed by atoms with Crippen LogP contribution in [-0.4, -0.2) is 78.5 Å². The van der Waals surface area contributed by atoms with E-state index in [1.165, 1.54) is 12.7 Å². The smallest absolute Gasteiger partial charge is 0.337 e. The Kier molecular flexibility index (Phi) is 9.09. The third-order valence-corrected chi connectivity index (χ3v) is 7.09. The van der Waals surface area contributed by atoms with Crippen molar-refractivity contribution in [2.75, 3.05) is 46.4 Å². The van der Waals surface area contributed by atoms with Crippen LogP contribution in [0.2, 0.25) is 0 Å². The van der Waals surface area contributed by atoms with Gasteiger partial charge >= 0.3 is 5.97 Å². The minimum atomic E-state index is -0.352. The third kappa shape index (κ3) is 5.62. The number of carbonyl (C=O) groups is 1. The number of fused-ring (bicyclic) bond motifs is 1.